The molecule has 0 saturated carbocycles. The first-order chi connectivity index (χ1) is 18.0. The molecule has 4 aromatic carbocycles. The lowest BCUT2D eigenvalue weighted by Gasteiger charge is -2.10. The van der Waals surface area contributed by atoms with E-state index in [1.165, 1.54) is 36.4 Å². The summed E-state index contributed by atoms with van der Waals surface area (Å²) >= 11 is 0. The van der Waals surface area contributed by atoms with Crippen LogP contribution < -0.4 is 9.47 Å². The van der Waals surface area contributed by atoms with E-state index in [4.69, 9.17) is 14.2 Å². The molecule has 0 fully saturated rings. The van der Waals surface area contributed by atoms with Crippen LogP contribution in [-0.4, -0.2) is 10.9 Å². The topological polar surface area (TPSA) is 135 Å². The van der Waals surface area contributed by atoms with Crippen molar-refractivity contribution in [3.63, 3.8) is 0 Å². The molecular weight excluding hydrogens is 474 g/mol. The number of rotatable bonds is 8. The van der Waals surface area contributed by atoms with Crippen molar-refractivity contribution in [2.24, 2.45) is 0 Å². The molecule has 0 bridgehead atoms. The normalized spacial score (nSPS) is 10.0. The molecule has 0 aliphatic heterocycles. The summed E-state index contributed by atoms with van der Waals surface area (Å²) in [6.45, 7) is 0.0184. The number of hydrogen-bond acceptors (Lipinski definition) is 8. The van der Waals surface area contributed by atoms with E-state index >= 15 is 0 Å². The van der Waals surface area contributed by atoms with Crippen LogP contribution in [0.4, 0.5) is 5.69 Å². The Labute approximate surface area is 211 Å². The standard InChI is InChI=1S/C28H17N3O6/c29-16-21-4-2-6-27(26(21)17-30)37-25-5-1-3-20(15-25)28(32)35-18-19-7-11-23(12-8-19)36-24-13-9-22(10-14-24)31(33)34/h1-15H,18H2. The second-order valence-corrected chi connectivity index (χ2v) is 7.61. The molecule has 37 heavy (non-hydrogen) atoms. The van der Waals surface area contributed by atoms with Crippen molar-refractivity contribution in [3.8, 4) is 35.1 Å². The third-order valence-corrected chi connectivity index (χ3v) is 5.13. The monoisotopic (exact) mass is 491 g/mol. The molecule has 4 aromatic rings. The van der Waals surface area contributed by atoms with E-state index in [-0.39, 0.29) is 34.7 Å². The average Bonchev–Trinajstić information content (AvgIpc) is 2.92. The van der Waals surface area contributed by atoms with Gasteiger partial charge in [-0.3, -0.25) is 10.1 Å². The first kappa shape index (κ1) is 24.5. The summed E-state index contributed by atoms with van der Waals surface area (Å²) in [6, 6.07) is 27.5. The zero-order valence-electron chi connectivity index (χ0n) is 19.2. The van der Waals surface area contributed by atoms with Crippen molar-refractivity contribution in [2.45, 2.75) is 6.61 Å². The lowest BCUT2D eigenvalue weighted by atomic mass is 10.1. The number of nitriles is 2. The van der Waals surface area contributed by atoms with E-state index in [1.54, 1.807) is 54.6 Å². The van der Waals surface area contributed by atoms with Gasteiger partial charge in [0, 0.05) is 12.1 Å². The number of benzene rings is 4. The lowest BCUT2D eigenvalue weighted by Crippen LogP contribution is -2.05. The molecule has 9 heteroatoms. The van der Waals surface area contributed by atoms with E-state index < -0.39 is 10.9 Å². The zero-order chi connectivity index (χ0) is 26.2. The summed E-state index contributed by atoms with van der Waals surface area (Å²) in [6.07, 6.45) is 0. The SMILES string of the molecule is N#Cc1cccc(Oc2cccc(C(=O)OCc3ccc(Oc4ccc([N+](=O)[O-])cc4)cc3)c2)c1C#N. The van der Waals surface area contributed by atoms with Crippen molar-refractivity contribution >= 4 is 11.7 Å². The smallest absolute Gasteiger partial charge is 0.338 e. The summed E-state index contributed by atoms with van der Waals surface area (Å²) in [5.41, 5.74) is 1.26. The summed E-state index contributed by atoms with van der Waals surface area (Å²) < 4.78 is 16.8. The Morgan fingerprint density at radius 3 is 2.14 bits per heavy atom. The minimum atomic E-state index is -0.567. The molecule has 0 atom stereocenters. The van der Waals surface area contributed by atoms with E-state index in [2.05, 4.69) is 0 Å². The fraction of sp³-hybridized carbons (Fsp3) is 0.0357. The number of carbonyl (C=O) groups excluding carboxylic acids is 1. The van der Waals surface area contributed by atoms with E-state index in [0.717, 1.165) is 5.56 Å². The van der Waals surface area contributed by atoms with Crippen LogP contribution in [0.25, 0.3) is 0 Å². The molecule has 180 valence electrons. The van der Waals surface area contributed by atoms with Crippen LogP contribution in [0.3, 0.4) is 0 Å². The number of nitro groups is 1. The summed E-state index contributed by atoms with van der Waals surface area (Å²) in [7, 11) is 0. The zero-order valence-corrected chi connectivity index (χ0v) is 19.2. The third kappa shape index (κ3) is 6.07. The molecule has 4 rings (SSSR count). The Balaban J connectivity index is 1.36. The Bertz CT molecular complexity index is 1530. The number of esters is 1. The van der Waals surface area contributed by atoms with Gasteiger partial charge in [0.1, 0.15) is 47.3 Å². The van der Waals surface area contributed by atoms with Gasteiger partial charge in [0.25, 0.3) is 5.69 Å². The molecule has 0 unspecified atom stereocenters. The van der Waals surface area contributed by atoms with Crippen LogP contribution in [0.2, 0.25) is 0 Å². The highest BCUT2D eigenvalue weighted by Crippen LogP contribution is 2.28. The molecule has 0 amide bonds. The van der Waals surface area contributed by atoms with Crippen molar-refractivity contribution in [3.05, 3.63) is 123 Å². The first-order valence-corrected chi connectivity index (χ1v) is 10.9. The third-order valence-electron chi connectivity index (χ3n) is 5.13. The predicted octanol–water partition coefficient (Wildman–Crippen LogP) is 6.28. The van der Waals surface area contributed by atoms with Gasteiger partial charge in [0.15, 0.2) is 0 Å². The van der Waals surface area contributed by atoms with Crippen LogP contribution >= 0.6 is 0 Å². The van der Waals surface area contributed by atoms with E-state index in [0.29, 0.717) is 17.2 Å². The Morgan fingerprint density at radius 2 is 1.49 bits per heavy atom. The molecule has 0 aliphatic rings. The fourth-order valence-electron chi connectivity index (χ4n) is 3.30. The quantitative estimate of drug-likeness (QED) is 0.160. The number of hydrogen-bond donors (Lipinski definition) is 0. The maximum absolute atomic E-state index is 12.6. The summed E-state index contributed by atoms with van der Waals surface area (Å²) in [4.78, 5) is 22.8. The number of ether oxygens (including phenoxy) is 3. The second-order valence-electron chi connectivity index (χ2n) is 7.61. The number of nitrogens with zero attached hydrogens (tertiary/aromatic N) is 3. The van der Waals surface area contributed by atoms with Crippen molar-refractivity contribution in [2.75, 3.05) is 0 Å². The molecule has 9 nitrogen and oxygen atoms in total. The summed E-state index contributed by atoms with van der Waals surface area (Å²) in [5, 5.41) is 29.3. The molecule has 0 radical (unpaired) electrons. The van der Waals surface area contributed by atoms with Crippen molar-refractivity contribution < 1.29 is 23.9 Å². The molecule has 0 aromatic heterocycles. The molecule has 0 heterocycles. The maximum atomic E-state index is 12.6. The molecule has 0 saturated heterocycles. The van der Waals surface area contributed by atoms with Crippen LogP contribution in [-0.2, 0) is 11.3 Å². The minimum absolute atomic E-state index is 0.0184. The van der Waals surface area contributed by atoms with Gasteiger partial charge in [-0.15, -0.1) is 0 Å². The maximum Gasteiger partial charge on any atom is 0.338 e. The van der Waals surface area contributed by atoms with Gasteiger partial charge in [-0.05, 0) is 60.2 Å². The Hall–Kier alpha value is -5.67. The molecule has 0 aliphatic carbocycles. The van der Waals surface area contributed by atoms with Gasteiger partial charge < -0.3 is 14.2 Å². The number of non-ortho nitro benzene ring substituents is 1. The van der Waals surface area contributed by atoms with E-state index in [1.807, 2.05) is 12.1 Å². The van der Waals surface area contributed by atoms with Crippen LogP contribution in [0, 0.1) is 32.8 Å². The first-order valence-electron chi connectivity index (χ1n) is 10.9. The van der Waals surface area contributed by atoms with Crippen molar-refractivity contribution in [1.29, 1.82) is 10.5 Å². The minimum Gasteiger partial charge on any atom is -0.457 e. The van der Waals surface area contributed by atoms with Crippen molar-refractivity contribution in [1.82, 2.24) is 0 Å². The predicted molar refractivity (Wildman–Crippen MR) is 131 cm³/mol. The van der Waals surface area contributed by atoms with Gasteiger partial charge in [-0.2, -0.15) is 10.5 Å². The van der Waals surface area contributed by atoms with Crippen LogP contribution in [0.5, 0.6) is 23.0 Å². The molecular formula is C28H17N3O6. The van der Waals surface area contributed by atoms with Gasteiger partial charge >= 0.3 is 5.97 Å². The largest absolute Gasteiger partial charge is 0.457 e. The fourth-order valence-corrected chi connectivity index (χ4v) is 3.30. The average molecular weight is 491 g/mol. The van der Waals surface area contributed by atoms with Gasteiger partial charge in [0.05, 0.1) is 16.1 Å². The Morgan fingerprint density at radius 1 is 0.811 bits per heavy atom. The van der Waals surface area contributed by atoms with E-state index in [9.17, 15) is 25.4 Å². The number of nitro benzene ring substituents is 1. The van der Waals surface area contributed by atoms with Gasteiger partial charge in [0.2, 0.25) is 0 Å². The Kier molecular flexibility index (Phi) is 7.38. The lowest BCUT2D eigenvalue weighted by molar-refractivity contribution is -0.384. The van der Waals surface area contributed by atoms with Crippen LogP contribution in [0.1, 0.15) is 27.0 Å². The van der Waals surface area contributed by atoms with Gasteiger partial charge in [-0.25, -0.2) is 4.79 Å². The highest BCUT2D eigenvalue weighted by atomic mass is 16.6. The summed E-state index contributed by atoms with van der Waals surface area (Å²) in [5.74, 6) is 0.930. The second kappa shape index (κ2) is 11.2. The molecule has 0 spiro atoms. The highest BCUT2D eigenvalue weighted by Gasteiger charge is 2.13. The molecule has 0 N–H and O–H groups in total. The van der Waals surface area contributed by atoms with Crippen LogP contribution in [0.15, 0.2) is 91.0 Å². The number of carbonyl (C=O) groups is 1. The van der Waals surface area contributed by atoms with Gasteiger partial charge in [-0.1, -0.05) is 24.3 Å². The highest BCUT2D eigenvalue weighted by molar-refractivity contribution is 5.89.